The Kier molecular flexibility index (Phi) is 4.40. The minimum atomic E-state index is -0.0401. The molecule has 3 heterocycles. The summed E-state index contributed by atoms with van der Waals surface area (Å²) in [6, 6.07) is 12.8. The van der Waals surface area contributed by atoms with Gasteiger partial charge in [-0.1, -0.05) is 32.0 Å². The fourth-order valence-corrected chi connectivity index (χ4v) is 4.06. The van der Waals surface area contributed by atoms with Gasteiger partial charge < -0.3 is 14.5 Å². The fourth-order valence-electron chi connectivity index (χ4n) is 4.06. The lowest BCUT2D eigenvalue weighted by Crippen LogP contribution is -2.35. The number of aromatic nitrogens is 1. The Hall–Kier alpha value is -2.04. The predicted molar refractivity (Wildman–Crippen MR) is 99.2 cm³/mol. The molecule has 2 N–H and O–H groups in total. The fraction of sp³-hybridized carbons (Fsp3) is 0.429. The van der Waals surface area contributed by atoms with E-state index < -0.39 is 0 Å². The van der Waals surface area contributed by atoms with Crippen molar-refractivity contribution in [3.63, 3.8) is 0 Å². The summed E-state index contributed by atoms with van der Waals surface area (Å²) in [7, 11) is 0. The Bertz CT molecular complexity index is 862. The van der Waals surface area contributed by atoms with Gasteiger partial charge in [-0.15, -0.1) is 0 Å². The molecule has 0 radical (unpaired) electrons. The van der Waals surface area contributed by atoms with Gasteiger partial charge in [0.2, 0.25) is 0 Å². The van der Waals surface area contributed by atoms with E-state index in [9.17, 15) is 5.11 Å². The lowest BCUT2D eigenvalue weighted by molar-refractivity contribution is 0.138. The van der Waals surface area contributed by atoms with Crippen LogP contribution in [0, 0.1) is 5.92 Å². The first-order valence-corrected chi connectivity index (χ1v) is 9.17. The Morgan fingerprint density at radius 1 is 1.20 bits per heavy atom. The summed E-state index contributed by atoms with van der Waals surface area (Å²) in [5, 5.41) is 10.6. The van der Waals surface area contributed by atoms with E-state index in [2.05, 4.69) is 48.0 Å². The van der Waals surface area contributed by atoms with Crippen molar-refractivity contribution >= 4 is 10.9 Å². The van der Waals surface area contributed by atoms with E-state index in [-0.39, 0.29) is 6.61 Å². The Morgan fingerprint density at radius 3 is 2.76 bits per heavy atom. The summed E-state index contributed by atoms with van der Waals surface area (Å²) in [4.78, 5) is 6.20. The predicted octanol–water partition coefficient (Wildman–Crippen LogP) is 4.40. The Labute approximate surface area is 148 Å². The van der Waals surface area contributed by atoms with Gasteiger partial charge in [-0.2, -0.15) is 0 Å². The minimum absolute atomic E-state index is 0.0401. The van der Waals surface area contributed by atoms with Crippen molar-refractivity contribution in [2.45, 2.75) is 45.9 Å². The summed E-state index contributed by atoms with van der Waals surface area (Å²) in [5.74, 6) is 2.19. The maximum absolute atomic E-state index is 9.23. The lowest BCUT2D eigenvalue weighted by Gasteiger charge is -2.36. The number of benzene rings is 1. The van der Waals surface area contributed by atoms with Crippen molar-refractivity contribution in [3.05, 3.63) is 59.2 Å². The molecule has 0 amide bonds. The first-order chi connectivity index (χ1) is 12.2. The van der Waals surface area contributed by atoms with Crippen LogP contribution < -0.4 is 0 Å². The number of H-pyrrole nitrogens is 1. The number of hydrogen-bond donors (Lipinski definition) is 2. The van der Waals surface area contributed by atoms with E-state index in [1.54, 1.807) is 0 Å². The average molecular weight is 338 g/mol. The highest BCUT2D eigenvalue weighted by Gasteiger charge is 2.31. The number of nitrogens with one attached hydrogen (secondary N) is 1. The quantitative estimate of drug-likeness (QED) is 0.725. The molecule has 132 valence electrons. The molecule has 0 unspecified atom stereocenters. The second-order valence-corrected chi connectivity index (χ2v) is 7.45. The number of hydrogen-bond acceptors (Lipinski definition) is 3. The Morgan fingerprint density at radius 2 is 2.00 bits per heavy atom. The van der Waals surface area contributed by atoms with E-state index in [1.165, 1.54) is 22.2 Å². The highest BCUT2D eigenvalue weighted by molar-refractivity contribution is 5.85. The number of aliphatic hydroxyl groups excluding tert-OH is 1. The third kappa shape index (κ3) is 3.12. The van der Waals surface area contributed by atoms with E-state index in [0.29, 0.717) is 17.7 Å². The number of fused-ring (bicyclic) bond motifs is 3. The molecule has 1 aliphatic rings. The molecule has 25 heavy (non-hydrogen) atoms. The Balaban J connectivity index is 1.68. The van der Waals surface area contributed by atoms with E-state index in [0.717, 1.165) is 31.7 Å². The standard InChI is InChI=1S/C21H26N2O2/c1-14(2)11-20-21-18(17-5-3-4-6-19(17)22-21)9-10-23(20)12-15-7-8-16(13-24)25-15/h3-8,14,20,22,24H,9-13H2,1-2H3/t20-/m1/s1. The van der Waals surface area contributed by atoms with E-state index >= 15 is 0 Å². The van der Waals surface area contributed by atoms with Crippen molar-refractivity contribution in [3.8, 4) is 0 Å². The normalized spacial score (nSPS) is 18.2. The van der Waals surface area contributed by atoms with Crippen LogP contribution in [0.1, 0.15) is 49.1 Å². The maximum atomic E-state index is 9.23. The SMILES string of the molecule is CC(C)C[C@@H]1c2[nH]c3ccccc3c2CCN1Cc1ccc(CO)o1. The van der Waals surface area contributed by atoms with Gasteiger partial charge >= 0.3 is 0 Å². The zero-order valence-electron chi connectivity index (χ0n) is 15.0. The molecule has 2 aromatic heterocycles. The molecule has 0 saturated carbocycles. The van der Waals surface area contributed by atoms with Crippen LogP contribution in [0.2, 0.25) is 0 Å². The minimum Gasteiger partial charge on any atom is -0.462 e. The van der Waals surface area contributed by atoms with Crippen molar-refractivity contribution in [1.29, 1.82) is 0 Å². The molecular formula is C21H26N2O2. The summed E-state index contributed by atoms with van der Waals surface area (Å²) in [6.45, 7) is 6.34. The van der Waals surface area contributed by atoms with Gasteiger partial charge in [-0.3, -0.25) is 4.90 Å². The summed E-state index contributed by atoms with van der Waals surface area (Å²) < 4.78 is 5.73. The van der Waals surface area contributed by atoms with Crippen LogP contribution in [-0.4, -0.2) is 21.5 Å². The number of furan rings is 1. The molecule has 0 aliphatic carbocycles. The lowest BCUT2D eigenvalue weighted by atomic mass is 9.91. The maximum Gasteiger partial charge on any atom is 0.129 e. The highest BCUT2D eigenvalue weighted by Crippen LogP contribution is 2.38. The molecule has 3 aromatic rings. The number of para-hydroxylation sites is 1. The monoisotopic (exact) mass is 338 g/mol. The first-order valence-electron chi connectivity index (χ1n) is 9.17. The molecule has 1 aromatic carbocycles. The van der Waals surface area contributed by atoms with E-state index in [1.807, 2.05) is 12.1 Å². The summed E-state index contributed by atoms with van der Waals surface area (Å²) >= 11 is 0. The van der Waals surface area contributed by atoms with Crippen LogP contribution in [0.15, 0.2) is 40.8 Å². The smallest absolute Gasteiger partial charge is 0.129 e. The number of aromatic amines is 1. The third-order valence-corrected chi connectivity index (χ3v) is 5.20. The van der Waals surface area contributed by atoms with Gasteiger partial charge in [0.25, 0.3) is 0 Å². The van der Waals surface area contributed by atoms with Crippen LogP contribution in [0.4, 0.5) is 0 Å². The van der Waals surface area contributed by atoms with Gasteiger partial charge in [-0.25, -0.2) is 0 Å². The number of nitrogens with zero attached hydrogens (tertiary/aromatic N) is 1. The molecule has 4 rings (SSSR count). The van der Waals surface area contributed by atoms with Crippen LogP contribution >= 0.6 is 0 Å². The van der Waals surface area contributed by atoms with Crippen LogP contribution in [0.5, 0.6) is 0 Å². The summed E-state index contributed by atoms with van der Waals surface area (Å²) in [5.41, 5.74) is 4.09. The largest absolute Gasteiger partial charge is 0.462 e. The van der Waals surface area contributed by atoms with Gasteiger partial charge in [0.15, 0.2) is 0 Å². The van der Waals surface area contributed by atoms with E-state index in [4.69, 9.17) is 4.42 Å². The van der Waals surface area contributed by atoms with Gasteiger partial charge in [0.1, 0.15) is 18.1 Å². The van der Waals surface area contributed by atoms with Crippen LogP contribution in [-0.2, 0) is 19.6 Å². The molecule has 1 aliphatic heterocycles. The first kappa shape index (κ1) is 16.4. The summed E-state index contributed by atoms with van der Waals surface area (Å²) in [6.07, 6.45) is 2.18. The third-order valence-electron chi connectivity index (χ3n) is 5.20. The van der Waals surface area contributed by atoms with Crippen molar-refractivity contribution in [2.24, 2.45) is 5.92 Å². The van der Waals surface area contributed by atoms with Gasteiger partial charge in [0.05, 0.1) is 12.6 Å². The number of aliphatic hydroxyl groups is 1. The molecule has 0 saturated heterocycles. The van der Waals surface area contributed by atoms with Crippen molar-refractivity contribution < 1.29 is 9.52 Å². The number of rotatable bonds is 5. The van der Waals surface area contributed by atoms with Crippen molar-refractivity contribution in [2.75, 3.05) is 6.54 Å². The molecule has 0 spiro atoms. The average Bonchev–Trinajstić information content (AvgIpc) is 3.21. The molecule has 0 fully saturated rings. The van der Waals surface area contributed by atoms with Gasteiger partial charge in [-0.05, 0) is 42.5 Å². The second-order valence-electron chi connectivity index (χ2n) is 7.45. The van der Waals surface area contributed by atoms with Crippen molar-refractivity contribution in [1.82, 2.24) is 9.88 Å². The molecule has 1 atom stereocenters. The zero-order valence-corrected chi connectivity index (χ0v) is 15.0. The van der Waals surface area contributed by atoms with Crippen LogP contribution in [0.3, 0.4) is 0 Å². The molecule has 0 bridgehead atoms. The highest BCUT2D eigenvalue weighted by atomic mass is 16.4. The molecular weight excluding hydrogens is 312 g/mol. The van der Waals surface area contributed by atoms with Gasteiger partial charge in [0, 0.05) is 23.1 Å². The zero-order chi connectivity index (χ0) is 17.4. The van der Waals surface area contributed by atoms with Crippen LogP contribution in [0.25, 0.3) is 10.9 Å². The second kappa shape index (κ2) is 6.70. The molecule has 4 heteroatoms. The topological polar surface area (TPSA) is 52.4 Å². The molecule has 4 nitrogen and oxygen atoms in total.